The largest absolute Gasteiger partial charge is 0.496 e. The molecule has 7 heteroatoms. The van der Waals surface area contributed by atoms with Crippen molar-refractivity contribution in [1.82, 2.24) is 9.80 Å². The van der Waals surface area contributed by atoms with Gasteiger partial charge in [0, 0.05) is 32.6 Å². The molecule has 30 heavy (non-hydrogen) atoms. The fourth-order valence-electron chi connectivity index (χ4n) is 3.85. The van der Waals surface area contributed by atoms with Crippen LogP contribution in [0.25, 0.3) is 0 Å². The van der Waals surface area contributed by atoms with Crippen LogP contribution in [0.15, 0.2) is 59.8 Å². The minimum absolute atomic E-state index is 0.0765. The van der Waals surface area contributed by atoms with Crippen molar-refractivity contribution in [2.45, 2.75) is 18.9 Å². The zero-order valence-electron chi connectivity index (χ0n) is 17.0. The molecule has 1 fully saturated rings. The Kier molecular flexibility index (Phi) is 5.97. The lowest BCUT2D eigenvalue weighted by atomic mass is 10.0. The number of amides is 2. The molecule has 0 aromatic heterocycles. The Bertz CT molecular complexity index is 944. The summed E-state index contributed by atoms with van der Waals surface area (Å²) in [4.78, 5) is 35.0. The van der Waals surface area contributed by atoms with E-state index < -0.39 is 0 Å². The van der Waals surface area contributed by atoms with E-state index in [0.29, 0.717) is 56.0 Å². The standard InChI is InChI=1S/C23H25N3O4/c1-29-20-11-6-5-10-18(20)22(27)25-12-7-13-26(15-14-25)23(28)19-16-21(30-24-19)17-8-3-2-4-9-17/h2-6,8-11,21H,7,12-16H2,1H3/t21-/m0/s1. The number of methoxy groups -OCH3 is 1. The van der Waals surface area contributed by atoms with Crippen molar-refractivity contribution < 1.29 is 19.2 Å². The summed E-state index contributed by atoms with van der Waals surface area (Å²) in [6.07, 6.45) is 0.951. The summed E-state index contributed by atoms with van der Waals surface area (Å²) in [6, 6.07) is 17.0. The van der Waals surface area contributed by atoms with Crippen molar-refractivity contribution in [2.24, 2.45) is 5.16 Å². The highest BCUT2D eigenvalue weighted by Gasteiger charge is 2.32. The summed E-state index contributed by atoms with van der Waals surface area (Å²) >= 11 is 0. The van der Waals surface area contributed by atoms with E-state index in [4.69, 9.17) is 9.57 Å². The van der Waals surface area contributed by atoms with Gasteiger partial charge in [0.2, 0.25) is 0 Å². The molecule has 156 valence electrons. The van der Waals surface area contributed by atoms with Crippen LogP contribution in [0.3, 0.4) is 0 Å². The molecule has 2 aromatic carbocycles. The third-order valence-corrected chi connectivity index (χ3v) is 5.49. The molecular weight excluding hydrogens is 382 g/mol. The van der Waals surface area contributed by atoms with Gasteiger partial charge in [0.15, 0.2) is 6.10 Å². The molecule has 0 spiro atoms. The molecule has 2 amide bonds. The molecule has 2 heterocycles. The van der Waals surface area contributed by atoms with Crippen LogP contribution in [0, 0.1) is 0 Å². The van der Waals surface area contributed by atoms with Crippen LogP contribution in [-0.2, 0) is 9.63 Å². The van der Waals surface area contributed by atoms with Crippen LogP contribution in [0.1, 0.15) is 34.9 Å². The van der Waals surface area contributed by atoms with Crippen LogP contribution in [0.4, 0.5) is 0 Å². The van der Waals surface area contributed by atoms with Crippen molar-refractivity contribution >= 4 is 17.5 Å². The fraction of sp³-hybridized carbons (Fsp3) is 0.348. The summed E-state index contributed by atoms with van der Waals surface area (Å²) in [5.74, 6) is 0.372. The Labute approximate surface area is 175 Å². The Morgan fingerprint density at radius 3 is 2.33 bits per heavy atom. The van der Waals surface area contributed by atoms with E-state index in [2.05, 4.69) is 5.16 Å². The van der Waals surface area contributed by atoms with E-state index in [0.717, 1.165) is 5.56 Å². The number of hydrogen-bond acceptors (Lipinski definition) is 5. The molecule has 0 saturated carbocycles. The predicted molar refractivity (Wildman–Crippen MR) is 112 cm³/mol. The number of oxime groups is 1. The van der Waals surface area contributed by atoms with E-state index >= 15 is 0 Å². The van der Waals surface area contributed by atoms with Gasteiger partial charge >= 0.3 is 0 Å². The lowest BCUT2D eigenvalue weighted by molar-refractivity contribution is -0.124. The number of ether oxygens (including phenoxy) is 1. The van der Waals surface area contributed by atoms with Gasteiger partial charge in [0.05, 0.1) is 12.7 Å². The smallest absolute Gasteiger partial charge is 0.271 e. The monoisotopic (exact) mass is 407 g/mol. The van der Waals surface area contributed by atoms with Gasteiger partial charge in [-0.05, 0) is 24.1 Å². The predicted octanol–water partition coefficient (Wildman–Crippen LogP) is 2.89. The summed E-state index contributed by atoms with van der Waals surface area (Å²) in [5, 5.41) is 4.05. The van der Waals surface area contributed by atoms with Gasteiger partial charge in [-0.2, -0.15) is 0 Å². The summed E-state index contributed by atoms with van der Waals surface area (Å²) in [7, 11) is 1.56. The maximum atomic E-state index is 13.0. The Balaban J connectivity index is 1.37. The van der Waals surface area contributed by atoms with Crippen molar-refractivity contribution in [2.75, 3.05) is 33.3 Å². The van der Waals surface area contributed by atoms with Crippen LogP contribution >= 0.6 is 0 Å². The van der Waals surface area contributed by atoms with E-state index in [1.807, 2.05) is 42.5 Å². The highest BCUT2D eigenvalue weighted by Crippen LogP contribution is 2.28. The second-order valence-corrected chi connectivity index (χ2v) is 7.39. The summed E-state index contributed by atoms with van der Waals surface area (Å²) in [5.41, 5.74) is 1.99. The van der Waals surface area contributed by atoms with Crippen molar-refractivity contribution in [3.8, 4) is 5.75 Å². The second kappa shape index (κ2) is 8.98. The average Bonchev–Trinajstić information content (AvgIpc) is 3.17. The third kappa shape index (κ3) is 4.15. The zero-order chi connectivity index (χ0) is 20.9. The quantitative estimate of drug-likeness (QED) is 0.781. The lowest BCUT2D eigenvalue weighted by Crippen LogP contribution is -2.40. The summed E-state index contributed by atoms with van der Waals surface area (Å²) < 4.78 is 5.32. The molecule has 2 aliphatic rings. The molecule has 1 saturated heterocycles. The second-order valence-electron chi connectivity index (χ2n) is 7.39. The van der Waals surface area contributed by atoms with Gasteiger partial charge in [-0.15, -0.1) is 0 Å². The average molecular weight is 407 g/mol. The molecule has 2 aliphatic heterocycles. The first-order valence-corrected chi connectivity index (χ1v) is 10.2. The minimum atomic E-state index is -0.222. The third-order valence-electron chi connectivity index (χ3n) is 5.49. The van der Waals surface area contributed by atoms with Crippen LogP contribution in [-0.4, -0.2) is 60.6 Å². The normalized spacial score (nSPS) is 19.0. The fourth-order valence-corrected chi connectivity index (χ4v) is 3.85. The molecule has 0 bridgehead atoms. The molecule has 2 aromatic rings. The van der Waals surface area contributed by atoms with E-state index in [1.54, 1.807) is 29.0 Å². The van der Waals surface area contributed by atoms with Gasteiger partial charge in [-0.1, -0.05) is 47.6 Å². The van der Waals surface area contributed by atoms with E-state index in [9.17, 15) is 9.59 Å². The van der Waals surface area contributed by atoms with Gasteiger partial charge in [-0.25, -0.2) is 0 Å². The molecule has 0 aliphatic carbocycles. The first-order chi connectivity index (χ1) is 14.7. The first kappa shape index (κ1) is 19.9. The van der Waals surface area contributed by atoms with Gasteiger partial charge in [0.1, 0.15) is 11.5 Å². The van der Waals surface area contributed by atoms with Crippen molar-refractivity contribution in [1.29, 1.82) is 0 Å². The first-order valence-electron chi connectivity index (χ1n) is 10.2. The number of rotatable bonds is 4. The number of benzene rings is 2. The Hall–Kier alpha value is -3.35. The molecule has 7 nitrogen and oxygen atoms in total. The number of hydrogen-bond donors (Lipinski definition) is 0. The highest BCUT2D eigenvalue weighted by atomic mass is 16.6. The maximum Gasteiger partial charge on any atom is 0.271 e. The lowest BCUT2D eigenvalue weighted by Gasteiger charge is -2.22. The Morgan fingerprint density at radius 2 is 1.60 bits per heavy atom. The zero-order valence-corrected chi connectivity index (χ0v) is 17.0. The van der Waals surface area contributed by atoms with Gasteiger partial charge in [-0.3, -0.25) is 9.59 Å². The molecule has 0 N–H and O–H groups in total. The Morgan fingerprint density at radius 1 is 0.933 bits per heavy atom. The molecule has 0 radical (unpaired) electrons. The molecular formula is C23H25N3O4. The van der Waals surface area contributed by atoms with Gasteiger partial charge in [0.25, 0.3) is 11.8 Å². The van der Waals surface area contributed by atoms with Crippen LogP contribution in [0.5, 0.6) is 5.75 Å². The summed E-state index contributed by atoms with van der Waals surface area (Å²) in [6.45, 7) is 2.12. The van der Waals surface area contributed by atoms with E-state index in [1.165, 1.54) is 0 Å². The number of nitrogens with zero attached hydrogens (tertiary/aromatic N) is 3. The molecule has 0 unspecified atom stereocenters. The number of carbonyl (C=O) groups excluding carboxylic acids is 2. The van der Waals surface area contributed by atoms with Crippen LogP contribution < -0.4 is 4.74 Å². The number of para-hydroxylation sites is 1. The minimum Gasteiger partial charge on any atom is -0.496 e. The topological polar surface area (TPSA) is 71.4 Å². The van der Waals surface area contributed by atoms with Crippen molar-refractivity contribution in [3.05, 3.63) is 65.7 Å². The van der Waals surface area contributed by atoms with Crippen LogP contribution in [0.2, 0.25) is 0 Å². The number of carbonyl (C=O) groups is 2. The van der Waals surface area contributed by atoms with Gasteiger partial charge < -0.3 is 19.4 Å². The highest BCUT2D eigenvalue weighted by molar-refractivity contribution is 6.39. The molecule has 4 rings (SSSR count). The maximum absolute atomic E-state index is 13.0. The molecule has 1 atom stereocenters. The van der Waals surface area contributed by atoms with E-state index in [-0.39, 0.29) is 17.9 Å². The van der Waals surface area contributed by atoms with Crippen molar-refractivity contribution in [3.63, 3.8) is 0 Å². The SMILES string of the molecule is COc1ccccc1C(=O)N1CCCN(C(=O)C2=NO[C@H](c3ccccc3)C2)CC1.